The van der Waals surface area contributed by atoms with Crippen molar-refractivity contribution in [2.45, 2.75) is 57.8 Å². The number of alkyl halides is 3. The van der Waals surface area contributed by atoms with Crippen molar-refractivity contribution < 1.29 is 41.8 Å². The van der Waals surface area contributed by atoms with Crippen LogP contribution in [0.1, 0.15) is 49.4 Å². The topological polar surface area (TPSA) is 163 Å². The van der Waals surface area contributed by atoms with E-state index in [0.717, 1.165) is 25.7 Å². The Labute approximate surface area is 332 Å². The number of H-pyrrole nitrogens is 1. The predicted octanol–water partition coefficient (Wildman–Crippen LogP) is 6.41. The number of alkyl carbamates (subject to hydrolysis) is 1. The van der Waals surface area contributed by atoms with Crippen LogP contribution < -0.4 is 25.6 Å². The molecule has 4 aromatic rings. The molecule has 1 unspecified atom stereocenters. The molecule has 18 heteroatoms. The van der Waals surface area contributed by atoms with Gasteiger partial charge in [-0.25, -0.2) is 14.8 Å². The number of hydrogen-bond donors (Lipinski definition) is 4. The zero-order valence-electron chi connectivity index (χ0n) is 31.9. The molecule has 14 nitrogen and oxygen atoms in total. The highest BCUT2D eigenvalue weighted by molar-refractivity contribution is 6.34. The number of anilines is 2. The summed E-state index contributed by atoms with van der Waals surface area (Å²) < 4.78 is 55.8. The number of amides is 3. The number of imidazole rings is 1. The summed E-state index contributed by atoms with van der Waals surface area (Å²) in [6.07, 6.45) is -2.50. The van der Waals surface area contributed by atoms with Crippen LogP contribution in [0.5, 0.6) is 5.75 Å². The van der Waals surface area contributed by atoms with Crippen molar-refractivity contribution in [3.05, 3.63) is 77.3 Å². The fourth-order valence-electron chi connectivity index (χ4n) is 6.97. The maximum absolute atomic E-state index is 13.7. The lowest BCUT2D eigenvalue weighted by Crippen LogP contribution is -2.51. The van der Waals surface area contributed by atoms with E-state index in [1.54, 1.807) is 54.6 Å². The molecule has 2 aliphatic rings. The molecule has 6 rings (SSSR count). The number of carbonyl (C=O) groups is 3. The number of benzene rings is 2. The van der Waals surface area contributed by atoms with Crippen LogP contribution in [0.3, 0.4) is 0 Å². The van der Waals surface area contributed by atoms with Gasteiger partial charge in [0.15, 0.2) is 0 Å². The van der Waals surface area contributed by atoms with Gasteiger partial charge in [0, 0.05) is 75.3 Å². The minimum absolute atomic E-state index is 0.0142. The van der Waals surface area contributed by atoms with Gasteiger partial charge in [-0.1, -0.05) is 49.7 Å². The molecule has 0 aliphatic carbocycles. The Kier molecular flexibility index (Phi) is 12.6. The SMILES string of the molecule is COC(=O)NC(C(=O)N1C[C@@H](OC)C[C@H]1c1nc(-c2ccc(-c3cc(Cl)c(NC(=O)c4ccc(N5CCNC[C@H]5C)nc4)cc3OC(F)(F)F)cc2)c[nH]1)C(C)C. The van der Waals surface area contributed by atoms with Crippen LogP contribution in [-0.4, -0.2) is 103 Å². The summed E-state index contributed by atoms with van der Waals surface area (Å²) >= 11 is 6.55. The summed E-state index contributed by atoms with van der Waals surface area (Å²) in [4.78, 5) is 55.0. The van der Waals surface area contributed by atoms with Crippen molar-refractivity contribution in [3.8, 4) is 28.1 Å². The summed E-state index contributed by atoms with van der Waals surface area (Å²) in [6, 6.07) is 11.1. The highest BCUT2D eigenvalue weighted by Gasteiger charge is 2.42. The van der Waals surface area contributed by atoms with E-state index in [-0.39, 0.29) is 52.4 Å². The van der Waals surface area contributed by atoms with Crippen molar-refractivity contribution in [2.75, 3.05) is 50.6 Å². The van der Waals surface area contributed by atoms with Crippen LogP contribution in [0, 0.1) is 5.92 Å². The molecule has 2 saturated heterocycles. The van der Waals surface area contributed by atoms with Gasteiger partial charge < -0.3 is 44.9 Å². The number of halogens is 4. The minimum atomic E-state index is -5.04. The number of ether oxygens (including phenoxy) is 3. The van der Waals surface area contributed by atoms with Gasteiger partial charge in [0.05, 0.1) is 41.2 Å². The van der Waals surface area contributed by atoms with Gasteiger partial charge >= 0.3 is 12.5 Å². The molecule has 2 aromatic carbocycles. The van der Waals surface area contributed by atoms with E-state index in [1.807, 2.05) is 13.8 Å². The predicted molar refractivity (Wildman–Crippen MR) is 207 cm³/mol. The van der Waals surface area contributed by atoms with Crippen molar-refractivity contribution in [2.24, 2.45) is 5.92 Å². The Morgan fingerprint density at radius 2 is 1.79 bits per heavy atom. The van der Waals surface area contributed by atoms with Gasteiger partial charge in [0.1, 0.15) is 23.4 Å². The second-order valence-electron chi connectivity index (χ2n) is 14.2. The highest BCUT2D eigenvalue weighted by Crippen LogP contribution is 2.41. The first-order valence-electron chi connectivity index (χ1n) is 18.3. The van der Waals surface area contributed by atoms with Gasteiger partial charge in [-0.05, 0) is 36.6 Å². The Morgan fingerprint density at radius 1 is 1.05 bits per heavy atom. The first-order chi connectivity index (χ1) is 27.1. The van der Waals surface area contributed by atoms with E-state index >= 15 is 0 Å². The normalized spacial score (nSPS) is 19.0. The third-order valence-corrected chi connectivity index (χ3v) is 10.3. The average Bonchev–Trinajstić information content (AvgIpc) is 3.86. The number of methoxy groups -OCH3 is 2. The van der Waals surface area contributed by atoms with Crippen molar-refractivity contribution in [1.29, 1.82) is 0 Å². The first kappa shape index (κ1) is 41.2. The van der Waals surface area contributed by atoms with E-state index in [9.17, 15) is 27.6 Å². The molecule has 0 spiro atoms. The molecule has 0 bridgehead atoms. The number of aromatic nitrogens is 3. The average molecular weight is 813 g/mol. The fraction of sp³-hybridized carbons (Fsp3) is 0.410. The lowest BCUT2D eigenvalue weighted by Gasteiger charge is -2.34. The number of likely N-dealkylation sites (tertiary alicyclic amines) is 1. The number of nitrogens with zero attached hydrogens (tertiary/aromatic N) is 4. The number of hydrogen-bond acceptors (Lipinski definition) is 10. The smallest absolute Gasteiger partial charge is 0.453 e. The number of pyridine rings is 1. The van der Waals surface area contributed by atoms with Gasteiger partial charge in [0.2, 0.25) is 5.91 Å². The maximum Gasteiger partial charge on any atom is 0.573 e. The standard InChI is InChI=1S/C39H44ClF3N8O6/c1-21(2)34(49-38(54)56-5)37(53)51-20-26(55-4)14-31(51)35-46-19-30(47-35)24-8-6-23(7-9-24)27-15-28(40)29(16-32(27)57-39(41,42)43)48-36(52)25-10-11-33(45-18-25)50-13-12-44-17-22(50)3/h6-11,15-16,18-19,21-22,26,31,34,44H,12-14,17,20H2,1-5H3,(H,46,47)(H,48,52)(H,49,54)/t22-,26+,31+,34?/m1/s1. The Balaban J connectivity index is 1.21. The fourth-order valence-corrected chi connectivity index (χ4v) is 7.19. The third-order valence-electron chi connectivity index (χ3n) is 10.0. The summed E-state index contributed by atoms with van der Waals surface area (Å²) in [5, 5.41) is 8.50. The minimum Gasteiger partial charge on any atom is -0.453 e. The lowest BCUT2D eigenvalue weighted by molar-refractivity contribution is -0.274. The molecule has 0 saturated carbocycles. The number of carbonyl (C=O) groups excluding carboxylic acids is 3. The molecule has 4 atom stereocenters. The molecule has 2 aliphatic heterocycles. The van der Waals surface area contributed by atoms with Gasteiger partial charge in [0.25, 0.3) is 5.91 Å². The molecule has 4 N–H and O–H groups in total. The molecule has 3 amide bonds. The Bertz CT molecular complexity index is 2060. The Hall–Kier alpha value is -5.39. The Morgan fingerprint density at radius 3 is 2.42 bits per heavy atom. The zero-order valence-corrected chi connectivity index (χ0v) is 32.7. The summed E-state index contributed by atoms with van der Waals surface area (Å²) in [5.74, 6) is -0.523. The van der Waals surface area contributed by atoms with Crippen LogP contribution in [-0.2, 0) is 14.3 Å². The van der Waals surface area contributed by atoms with E-state index < -0.39 is 36.2 Å². The van der Waals surface area contributed by atoms with Gasteiger partial charge in [-0.15, -0.1) is 13.2 Å². The van der Waals surface area contributed by atoms with E-state index in [2.05, 4.69) is 42.5 Å². The number of nitrogens with one attached hydrogen (secondary N) is 4. The molecular weight excluding hydrogens is 769 g/mol. The quantitative estimate of drug-likeness (QED) is 0.133. The molecule has 2 fully saturated rings. The molecule has 304 valence electrons. The number of rotatable bonds is 11. The van der Waals surface area contributed by atoms with E-state index in [4.69, 9.17) is 26.1 Å². The van der Waals surface area contributed by atoms with Crippen molar-refractivity contribution in [1.82, 2.24) is 30.5 Å². The van der Waals surface area contributed by atoms with Crippen LogP contribution in [0.25, 0.3) is 22.4 Å². The first-order valence-corrected chi connectivity index (χ1v) is 18.7. The van der Waals surface area contributed by atoms with Crippen molar-refractivity contribution in [3.63, 3.8) is 0 Å². The lowest BCUT2D eigenvalue weighted by atomic mass is 10.0. The second kappa shape index (κ2) is 17.4. The largest absolute Gasteiger partial charge is 0.573 e. The summed E-state index contributed by atoms with van der Waals surface area (Å²) in [7, 11) is 2.79. The molecular formula is C39H44ClF3N8O6. The summed E-state index contributed by atoms with van der Waals surface area (Å²) in [5.41, 5.74) is 1.65. The van der Waals surface area contributed by atoms with E-state index in [0.29, 0.717) is 34.9 Å². The second-order valence-corrected chi connectivity index (χ2v) is 14.6. The van der Waals surface area contributed by atoms with Gasteiger partial charge in [-0.3, -0.25) is 9.59 Å². The van der Waals surface area contributed by atoms with Crippen LogP contribution >= 0.6 is 11.6 Å². The van der Waals surface area contributed by atoms with E-state index in [1.165, 1.54) is 19.4 Å². The molecule has 2 aromatic heterocycles. The van der Waals surface area contributed by atoms with Crippen LogP contribution in [0.2, 0.25) is 5.02 Å². The molecule has 0 radical (unpaired) electrons. The van der Waals surface area contributed by atoms with Crippen molar-refractivity contribution >= 4 is 41.0 Å². The zero-order chi connectivity index (χ0) is 41.0. The monoisotopic (exact) mass is 812 g/mol. The van der Waals surface area contributed by atoms with Crippen LogP contribution in [0.15, 0.2) is 60.9 Å². The number of aromatic amines is 1. The third kappa shape index (κ3) is 9.60. The molecule has 4 heterocycles. The molecule has 57 heavy (non-hydrogen) atoms. The number of piperazine rings is 1. The van der Waals surface area contributed by atoms with Gasteiger partial charge in [-0.2, -0.15) is 0 Å². The van der Waals surface area contributed by atoms with Crippen LogP contribution in [0.4, 0.5) is 29.5 Å². The summed E-state index contributed by atoms with van der Waals surface area (Å²) in [6.45, 7) is 8.35. The maximum atomic E-state index is 13.7. The highest BCUT2D eigenvalue weighted by atomic mass is 35.5.